The van der Waals surface area contributed by atoms with Crippen molar-refractivity contribution in [1.29, 1.82) is 0 Å². The zero-order chi connectivity index (χ0) is 13.7. The number of carbonyl (C=O) groups is 1. The predicted octanol–water partition coefficient (Wildman–Crippen LogP) is 3.20. The topological polar surface area (TPSA) is 32.3 Å². The van der Waals surface area contributed by atoms with Crippen LogP contribution in [0.2, 0.25) is 0 Å². The van der Waals surface area contributed by atoms with Crippen LogP contribution in [-0.2, 0) is 0 Å². The Morgan fingerprint density at radius 2 is 2.26 bits per heavy atom. The van der Waals surface area contributed by atoms with E-state index < -0.39 is 0 Å². The van der Waals surface area contributed by atoms with Gasteiger partial charge in [0.1, 0.15) is 0 Å². The van der Waals surface area contributed by atoms with Crippen LogP contribution in [0.3, 0.4) is 0 Å². The molecule has 1 aliphatic heterocycles. The van der Waals surface area contributed by atoms with Crippen molar-refractivity contribution >= 4 is 39.8 Å². The predicted molar refractivity (Wildman–Crippen MR) is 88.8 cm³/mol. The Labute approximate surface area is 132 Å². The Balaban J connectivity index is 1.99. The first kappa shape index (κ1) is 15.3. The third-order valence-electron chi connectivity index (χ3n) is 3.53. The van der Waals surface area contributed by atoms with Gasteiger partial charge in [0.15, 0.2) is 0 Å². The van der Waals surface area contributed by atoms with Crippen molar-refractivity contribution in [3.05, 3.63) is 19.9 Å². The monoisotopic (exact) mass is 392 g/mol. The minimum atomic E-state index is 0.208. The molecule has 0 atom stereocenters. The maximum atomic E-state index is 12.5. The van der Waals surface area contributed by atoms with Crippen LogP contribution in [0.15, 0.2) is 11.4 Å². The van der Waals surface area contributed by atoms with Crippen molar-refractivity contribution in [2.45, 2.75) is 26.2 Å². The van der Waals surface area contributed by atoms with E-state index in [-0.39, 0.29) is 5.91 Å². The normalized spacial score (nSPS) is 16.5. The number of thiophene rings is 1. The second-order valence-corrected chi connectivity index (χ2v) is 7.89. The lowest BCUT2D eigenvalue weighted by Crippen LogP contribution is -2.39. The van der Waals surface area contributed by atoms with Gasteiger partial charge < -0.3 is 10.2 Å². The zero-order valence-corrected chi connectivity index (χ0v) is 14.3. The van der Waals surface area contributed by atoms with Gasteiger partial charge in [-0.3, -0.25) is 4.79 Å². The molecule has 0 aliphatic carbocycles. The van der Waals surface area contributed by atoms with Crippen molar-refractivity contribution in [3.8, 4) is 0 Å². The van der Waals surface area contributed by atoms with Gasteiger partial charge in [0.05, 0.1) is 8.45 Å². The van der Waals surface area contributed by atoms with Gasteiger partial charge in [-0.15, -0.1) is 11.3 Å². The fourth-order valence-corrected chi connectivity index (χ4v) is 3.85. The molecule has 2 rings (SSSR count). The van der Waals surface area contributed by atoms with E-state index in [1.807, 2.05) is 16.3 Å². The van der Waals surface area contributed by atoms with E-state index >= 15 is 0 Å². The Kier molecular flexibility index (Phi) is 6.09. The molecule has 0 spiro atoms. The molecule has 3 nitrogen and oxygen atoms in total. The fraction of sp³-hybridized carbons (Fsp3) is 0.643. The molecule has 0 saturated carbocycles. The van der Waals surface area contributed by atoms with Crippen molar-refractivity contribution in [2.24, 2.45) is 5.92 Å². The van der Waals surface area contributed by atoms with Crippen molar-refractivity contribution < 1.29 is 4.79 Å². The lowest BCUT2D eigenvalue weighted by molar-refractivity contribution is 0.0717. The van der Waals surface area contributed by atoms with Gasteiger partial charge >= 0.3 is 0 Å². The van der Waals surface area contributed by atoms with Crippen LogP contribution in [0.4, 0.5) is 0 Å². The summed E-state index contributed by atoms with van der Waals surface area (Å²) in [5, 5.41) is 5.36. The number of rotatable bonds is 5. The van der Waals surface area contributed by atoms with Gasteiger partial charge in [-0.1, -0.05) is 6.92 Å². The molecule has 1 saturated heterocycles. The summed E-state index contributed by atoms with van der Waals surface area (Å²) < 4.78 is 1.18. The number of nitrogens with zero attached hydrogens (tertiary/aromatic N) is 1. The number of hydrogen-bond donors (Lipinski definition) is 1. The van der Waals surface area contributed by atoms with Gasteiger partial charge in [0.2, 0.25) is 0 Å². The second-order valence-electron chi connectivity index (χ2n) is 5.08. The molecule has 1 aliphatic rings. The number of hydrogen-bond acceptors (Lipinski definition) is 3. The maximum absolute atomic E-state index is 12.5. The van der Waals surface area contributed by atoms with E-state index in [1.165, 1.54) is 15.7 Å². The molecule has 1 aromatic rings. The summed E-state index contributed by atoms with van der Waals surface area (Å²) in [6.07, 6.45) is 3.40. The molecule has 1 N–H and O–H groups in total. The molecule has 5 heteroatoms. The number of amides is 1. The molecule has 19 heavy (non-hydrogen) atoms. The van der Waals surface area contributed by atoms with E-state index in [0.29, 0.717) is 5.92 Å². The van der Waals surface area contributed by atoms with Crippen LogP contribution in [0.25, 0.3) is 0 Å². The van der Waals surface area contributed by atoms with Crippen molar-refractivity contribution in [1.82, 2.24) is 10.2 Å². The molecule has 1 aromatic heterocycles. The molecule has 0 bridgehead atoms. The van der Waals surface area contributed by atoms with Crippen LogP contribution < -0.4 is 5.32 Å². The van der Waals surface area contributed by atoms with Crippen molar-refractivity contribution in [3.63, 3.8) is 0 Å². The smallest absolute Gasteiger partial charge is 0.254 e. The first-order valence-electron chi connectivity index (χ1n) is 6.94. The Bertz CT molecular complexity index is 415. The highest BCUT2D eigenvalue weighted by Gasteiger charge is 2.21. The largest absolute Gasteiger partial charge is 0.338 e. The van der Waals surface area contributed by atoms with E-state index in [4.69, 9.17) is 0 Å². The highest BCUT2D eigenvalue weighted by molar-refractivity contribution is 14.1. The van der Waals surface area contributed by atoms with Gasteiger partial charge in [-0.05, 0) is 66.9 Å². The average Bonchev–Trinajstić information content (AvgIpc) is 2.85. The molecule has 106 valence electrons. The van der Waals surface area contributed by atoms with E-state index in [9.17, 15) is 4.79 Å². The zero-order valence-electron chi connectivity index (χ0n) is 11.3. The van der Waals surface area contributed by atoms with Gasteiger partial charge in [0.25, 0.3) is 5.91 Å². The maximum Gasteiger partial charge on any atom is 0.254 e. The Morgan fingerprint density at radius 3 is 2.84 bits per heavy atom. The van der Waals surface area contributed by atoms with Gasteiger partial charge in [0, 0.05) is 18.5 Å². The molecular formula is C14H21IN2OS. The van der Waals surface area contributed by atoms with Crippen LogP contribution in [0.5, 0.6) is 0 Å². The second kappa shape index (κ2) is 7.59. The number of piperidine rings is 1. The molecule has 0 radical (unpaired) electrons. The van der Waals surface area contributed by atoms with Crippen molar-refractivity contribution in [2.75, 3.05) is 26.2 Å². The standard InChI is InChI=1S/C14H21IN2OS/c1-2-7-17(9-11-3-5-16-6-4-11)14(18)12-8-13(15)19-10-12/h8,10-11,16H,2-7,9H2,1H3. The lowest BCUT2D eigenvalue weighted by atomic mass is 9.97. The molecule has 0 aromatic carbocycles. The summed E-state index contributed by atoms with van der Waals surface area (Å²) in [7, 11) is 0. The molecule has 1 amide bonds. The van der Waals surface area contributed by atoms with E-state index in [1.54, 1.807) is 11.3 Å². The fourth-order valence-electron chi connectivity index (χ4n) is 2.53. The quantitative estimate of drug-likeness (QED) is 0.781. The van der Waals surface area contributed by atoms with Crippen LogP contribution in [0.1, 0.15) is 36.5 Å². The van der Waals surface area contributed by atoms with Gasteiger partial charge in [-0.25, -0.2) is 0 Å². The Morgan fingerprint density at radius 1 is 1.53 bits per heavy atom. The third-order valence-corrected chi connectivity index (χ3v) is 5.32. The highest BCUT2D eigenvalue weighted by Crippen LogP contribution is 2.20. The summed E-state index contributed by atoms with van der Waals surface area (Å²) in [6.45, 7) is 6.11. The summed E-state index contributed by atoms with van der Waals surface area (Å²) in [6, 6.07) is 2.00. The van der Waals surface area contributed by atoms with E-state index in [0.717, 1.165) is 38.2 Å². The summed E-state index contributed by atoms with van der Waals surface area (Å²) in [5.41, 5.74) is 0.858. The molecule has 1 fully saturated rings. The van der Waals surface area contributed by atoms with Crippen LogP contribution in [0, 0.1) is 8.80 Å². The first-order chi connectivity index (χ1) is 9.20. The molecule has 2 heterocycles. The summed E-state index contributed by atoms with van der Waals surface area (Å²) >= 11 is 3.92. The minimum absolute atomic E-state index is 0.208. The number of carbonyl (C=O) groups excluding carboxylic acids is 1. The van der Waals surface area contributed by atoms with Gasteiger partial charge in [-0.2, -0.15) is 0 Å². The average molecular weight is 392 g/mol. The minimum Gasteiger partial charge on any atom is -0.338 e. The van der Waals surface area contributed by atoms with E-state index in [2.05, 4.69) is 34.8 Å². The number of nitrogens with one attached hydrogen (secondary N) is 1. The lowest BCUT2D eigenvalue weighted by Gasteiger charge is -2.30. The first-order valence-corrected chi connectivity index (χ1v) is 8.90. The highest BCUT2D eigenvalue weighted by atomic mass is 127. The van der Waals surface area contributed by atoms with Crippen LogP contribution in [-0.4, -0.2) is 37.0 Å². The summed E-state index contributed by atoms with van der Waals surface area (Å²) in [5.74, 6) is 0.869. The third kappa shape index (κ3) is 4.43. The Hall–Kier alpha value is -0.140. The SMILES string of the molecule is CCCN(CC1CCNCC1)C(=O)c1csc(I)c1. The number of halogens is 1. The summed E-state index contributed by atoms with van der Waals surface area (Å²) in [4.78, 5) is 14.6. The molecule has 0 unspecified atom stereocenters. The van der Waals surface area contributed by atoms with Crippen LogP contribution >= 0.6 is 33.9 Å². The molecular weight excluding hydrogens is 371 g/mol.